The lowest BCUT2D eigenvalue weighted by Crippen LogP contribution is -2.01. The van der Waals surface area contributed by atoms with Crippen molar-refractivity contribution >= 4 is 23.1 Å². The standard InChI is InChI=1S/C13H12ClN3O2/c1-7-8(2)13(17-16-12(7)14)15-9-3-4-10-11(5-9)19-6-18-10/h3-5H,6H2,1-2H3,(H,15,17). The molecule has 1 aliphatic rings. The molecule has 0 amide bonds. The zero-order chi connectivity index (χ0) is 13.4. The van der Waals surface area contributed by atoms with Crippen molar-refractivity contribution in [2.24, 2.45) is 0 Å². The van der Waals surface area contributed by atoms with E-state index in [2.05, 4.69) is 15.5 Å². The van der Waals surface area contributed by atoms with Gasteiger partial charge in [-0.3, -0.25) is 0 Å². The first kappa shape index (κ1) is 12.0. The molecule has 0 atom stereocenters. The Morgan fingerprint density at radius 2 is 1.89 bits per heavy atom. The summed E-state index contributed by atoms with van der Waals surface area (Å²) in [4.78, 5) is 0. The molecule has 0 saturated heterocycles. The van der Waals surface area contributed by atoms with Crippen LogP contribution in [0, 0.1) is 13.8 Å². The molecule has 0 aliphatic carbocycles. The smallest absolute Gasteiger partial charge is 0.231 e. The zero-order valence-corrected chi connectivity index (χ0v) is 11.3. The molecule has 6 heteroatoms. The molecule has 0 bridgehead atoms. The summed E-state index contributed by atoms with van der Waals surface area (Å²) in [5.74, 6) is 2.16. The lowest BCUT2D eigenvalue weighted by atomic mass is 10.2. The van der Waals surface area contributed by atoms with E-state index in [1.807, 2.05) is 32.0 Å². The van der Waals surface area contributed by atoms with Crippen LogP contribution in [0.25, 0.3) is 0 Å². The molecule has 19 heavy (non-hydrogen) atoms. The Bertz CT molecular complexity index is 646. The molecule has 2 heterocycles. The van der Waals surface area contributed by atoms with Crippen LogP contribution < -0.4 is 14.8 Å². The number of halogens is 1. The summed E-state index contributed by atoms with van der Waals surface area (Å²) in [5, 5.41) is 11.6. The first-order valence-electron chi connectivity index (χ1n) is 5.81. The van der Waals surface area contributed by atoms with Crippen LogP contribution in [-0.2, 0) is 0 Å². The van der Waals surface area contributed by atoms with Crippen molar-refractivity contribution in [3.8, 4) is 11.5 Å². The van der Waals surface area contributed by atoms with Gasteiger partial charge in [-0.1, -0.05) is 11.6 Å². The van der Waals surface area contributed by atoms with E-state index in [0.29, 0.717) is 11.0 Å². The molecule has 0 saturated carbocycles. The fraction of sp³-hybridized carbons (Fsp3) is 0.231. The molecule has 0 unspecified atom stereocenters. The number of fused-ring (bicyclic) bond motifs is 1. The third kappa shape index (κ3) is 2.17. The summed E-state index contributed by atoms with van der Waals surface area (Å²) < 4.78 is 10.6. The second-order valence-corrected chi connectivity index (χ2v) is 4.64. The van der Waals surface area contributed by atoms with Crippen molar-refractivity contribution in [1.29, 1.82) is 0 Å². The second kappa shape index (κ2) is 4.59. The van der Waals surface area contributed by atoms with E-state index in [1.165, 1.54) is 0 Å². The van der Waals surface area contributed by atoms with Crippen molar-refractivity contribution < 1.29 is 9.47 Å². The molecule has 3 rings (SSSR count). The topological polar surface area (TPSA) is 56.3 Å². The Hall–Kier alpha value is -2.01. The van der Waals surface area contributed by atoms with Gasteiger partial charge in [0.2, 0.25) is 6.79 Å². The summed E-state index contributed by atoms with van der Waals surface area (Å²) in [6.07, 6.45) is 0. The minimum atomic E-state index is 0.262. The number of hydrogen-bond acceptors (Lipinski definition) is 5. The van der Waals surface area contributed by atoms with E-state index in [-0.39, 0.29) is 6.79 Å². The lowest BCUT2D eigenvalue weighted by molar-refractivity contribution is 0.174. The molecule has 1 N–H and O–H groups in total. The minimum absolute atomic E-state index is 0.262. The Balaban J connectivity index is 1.91. The Morgan fingerprint density at radius 3 is 2.74 bits per heavy atom. The van der Waals surface area contributed by atoms with Crippen molar-refractivity contribution in [1.82, 2.24) is 10.2 Å². The van der Waals surface area contributed by atoms with Crippen LogP contribution in [0.1, 0.15) is 11.1 Å². The molecular formula is C13H12ClN3O2. The van der Waals surface area contributed by atoms with Gasteiger partial charge in [0.25, 0.3) is 0 Å². The molecule has 0 spiro atoms. The van der Waals surface area contributed by atoms with Crippen LogP contribution >= 0.6 is 11.6 Å². The maximum Gasteiger partial charge on any atom is 0.231 e. The first-order chi connectivity index (χ1) is 9.15. The van der Waals surface area contributed by atoms with E-state index >= 15 is 0 Å². The number of aromatic nitrogens is 2. The van der Waals surface area contributed by atoms with E-state index in [0.717, 1.165) is 28.3 Å². The van der Waals surface area contributed by atoms with Crippen molar-refractivity contribution in [2.45, 2.75) is 13.8 Å². The van der Waals surface area contributed by atoms with E-state index in [4.69, 9.17) is 21.1 Å². The van der Waals surface area contributed by atoms with Crippen molar-refractivity contribution in [2.75, 3.05) is 12.1 Å². The highest BCUT2D eigenvalue weighted by Crippen LogP contribution is 2.35. The average Bonchev–Trinajstić information content (AvgIpc) is 2.87. The molecule has 1 aliphatic heterocycles. The van der Waals surface area contributed by atoms with Crippen LogP contribution in [0.15, 0.2) is 18.2 Å². The van der Waals surface area contributed by atoms with Gasteiger partial charge < -0.3 is 14.8 Å². The predicted octanol–water partition coefficient (Wildman–Crippen LogP) is 3.22. The van der Waals surface area contributed by atoms with Gasteiger partial charge in [0, 0.05) is 11.8 Å². The predicted molar refractivity (Wildman–Crippen MR) is 72.4 cm³/mol. The fourth-order valence-electron chi connectivity index (χ4n) is 1.81. The molecule has 2 aromatic rings. The van der Waals surface area contributed by atoms with E-state index in [9.17, 15) is 0 Å². The summed E-state index contributed by atoms with van der Waals surface area (Å²) in [7, 11) is 0. The highest BCUT2D eigenvalue weighted by Gasteiger charge is 2.14. The van der Waals surface area contributed by atoms with Gasteiger partial charge in [-0.15, -0.1) is 10.2 Å². The molecule has 0 radical (unpaired) electrons. The van der Waals surface area contributed by atoms with Gasteiger partial charge in [0.15, 0.2) is 22.5 Å². The number of nitrogens with one attached hydrogen (secondary N) is 1. The third-order valence-electron chi connectivity index (χ3n) is 3.10. The molecule has 1 aromatic heterocycles. The molecular weight excluding hydrogens is 266 g/mol. The summed E-state index contributed by atoms with van der Waals surface area (Å²) in [5.41, 5.74) is 2.75. The van der Waals surface area contributed by atoms with Gasteiger partial charge >= 0.3 is 0 Å². The normalized spacial score (nSPS) is 12.6. The van der Waals surface area contributed by atoms with E-state index < -0.39 is 0 Å². The van der Waals surface area contributed by atoms with Gasteiger partial charge in [0.05, 0.1) is 0 Å². The van der Waals surface area contributed by atoms with Gasteiger partial charge in [0.1, 0.15) is 0 Å². The van der Waals surface area contributed by atoms with Crippen LogP contribution in [0.4, 0.5) is 11.5 Å². The Morgan fingerprint density at radius 1 is 1.11 bits per heavy atom. The zero-order valence-electron chi connectivity index (χ0n) is 10.5. The van der Waals surface area contributed by atoms with Gasteiger partial charge in [-0.25, -0.2) is 0 Å². The van der Waals surface area contributed by atoms with Gasteiger partial charge in [-0.2, -0.15) is 0 Å². The number of nitrogens with zero attached hydrogens (tertiary/aromatic N) is 2. The van der Waals surface area contributed by atoms with Crippen molar-refractivity contribution in [3.05, 3.63) is 34.5 Å². The van der Waals surface area contributed by atoms with Crippen LogP contribution in [-0.4, -0.2) is 17.0 Å². The summed E-state index contributed by atoms with van der Waals surface area (Å²) in [6.45, 7) is 4.13. The van der Waals surface area contributed by atoms with Crippen LogP contribution in [0.5, 0.6) is 11.5 Å². The maximum absolute atomic E-state index is 5.93. The minimum Gasteiger partial charge on any atom is -0.454 e. The number of anilines is 2. The number of benzene rings is 1. The Kier molecular flexibility index (Phi) is 2.91. The fourth-order valence-corrected chi connectivity index (χ4v) is 1.99. The number of ether oxygens (including phenoxy) is 2. The van der Waals surface area contributed by atoms with Crippen LogP contribution in [0.2, 0.25) is 5.15 Å². The van der Waals surface area contributed by atoms with Crippen LogP contribution in [0.3, 0.4) is 0 Å². The molecule has 5 nitrogen and oxygen atoms in total. The highest BCUT2D eigenvalue weighted by atomic mass is 35.5. The number of hydrogen-bond donors (Lipinski definition) is 1. The summed E-state index contributed by atoms with van der Waals surface area (Å²) in [6, 6.07) is 5.63. The largest absolute Gasteiger partial charge is 0.454 e. The Labute approximate surface area is 115 Å². The van der Waals surface area contributed by atoms with Gasteiger partial charge in [-0.05, 0) is 37.1 Å². The third-order valence-corrected chi connectivity index (χ3v) is 3.46. The monoisotopic (exact) mass is 277 g/mol. The SMILES string of the molecule is Cc1c(Cl)nnc(Nc2ccc3c(c2)OCO3)c1C. The second-order valence-electron chi connectivity index (χ2n) is 4.28. The number of rotatable bonds is 2. The highest BCUT2D eigenvalue weighted by molar-refractivity contribution is 6.30. The molecule has 0 fully saturated rings. The summed E-state index contributed by atoms with van der Waals surface area (Å²) >= 11 is 5.93. The van der Waals surface area contributed by atoms with E-state index in [1.54, 1.807) is 0 Å². The van der Waals surface area contributed by atoms with Crippen molar-refractivity contribution in [3.63, 3.8) is 0 Å². The maximum atomic E-state index is 5.93. The molecule has 98 valence electrons. The quantitative estimate of drug-likeness (QED) is 0.913. The molecule has 1 aromatic carbocycles. The first-order valence-corrected chi connectivity index (χ1v) is 6.19. The lowest BCUT2D eigenvalue weighted by Gasteiger charge is -2.10. The average molecular weight is 278 g/mol.